The molecule has 264 valence electrons. The molecule has 0 radical (unpaired) electrons. The Hall–Kier alpha value is -7.01. The van der Waals surface area contributed by atoms with Gasteiger partial charge in [-0.3, -0.25) is 4.99 Å². The molecule has 3 nitrogen and oxygen atoms in total. The van der Waals surface area contributed by atoms with Crippen LogP contribution in [0.25, 0.3) is 74.7 Å². The summed E-state index contributed by atoms with van der Waals surface area (Å²) in [4.78, 5) is 14.9. The summed E-state index contributed by atoms with van der Waals surface area (Å²) in [7, 11) is 0. The van der Waals surface area contributed by atoms with Gasteiger partial charge in [-0.1, -0.05) is 158 Å². The molecule has 10 rings (SSSR count). The molecule has 9 aromatic carbocycles. The Morgan fingerprint density at radius 2 is 1.00 bits per heavy atom. The van der Waals surface area contributed by atoms with Gasteiger partial charge in [-0.05, 0) is 97.2 Å². The van der Waals surface area contributed by atoms with Crippen molar-refractivity contribution in [2.24, 2.45) is 15.0 Å². The van der Waals surface area contributed by atoms with Gasteiger partial charge in [0.15, 0.2) is 11.7 Å². The standard InChI is InChI=1S/C52H35N3S/c1-53-52(55-51(35-17-6-3-7-18-35)54-33-34-15-4-2-5-16-34)47-31-39(32-49-50(47)45-25-12-13-26-48(45)56-49)37-20-14-19-36(29-37)38-27-28-44-42-23-9-8-21-40(42)41-22-10-11-24-43(41)46(44)30-38/h2-32H,1,33H2. The number of hydrogen-bond acceptors (Lipinski definition) is 2. The third kappa shape index (κ3) is 6.07. The molecular formula is C52H35N3S. The van der Waals surface area contributed by atoms with Gasteiger partial charge in [0.1, 0.15) is 0 Å². The fourth-order valence-corrected chi connectivity index (χ4v) is 9.14. The molecule has 0 spiro atoms. The molecule has 0 saturated carbocycles. The van der Waals surface area contributed by atoms with Crippen molar-refractivity contribution in [3.05, 3.63) is 205 Å². The minimum absolute atomic E-state index is 0.503. The molecule has 0 aliphatic heterocycles. The van der Waals surface area contributed by atoms with Gasteiger partial charge in [0.25, 0.3) is 0 Å². The van der Waals surface area contributed by atoms with Crippen LogP contribution in [0.1, 0.15) is 16.7 Å². The van der Waals surface area contributed by atoms with Crippen LogP contribution in [-0.4, -0.2) is 18.4 Å². The second-order valence-electron chi connectivity index (χ2n) is 14.0. The Morgan fingerprint density at radius 1 is 0.429 bits per heavy atom. The first-order chi connectivity index (χ1) is 27.7. The van der Waals surface area contributed by atoms with Gasteiger partial charge in [0, 0.05) is 31.3 Å². The van der Waals surface area contributed by atoms with Crippen LogP contribution in [0.2, 0.25) is 0 Å². The van der Waals surface area contributed by atoms with Gasteiger partial charge in [-0.25, -0.2) is 9.98 Å². The van der Waals surface area contributed by atoms with E-state index in [0.717, 1.165) is 38.8 Å². The summed E-state index contributed by atoms with van der Waals surface area (Å²) in [5.41, 5.74) is 7.53. The van der Waals surface area contributed by atoms with Gasteiger partial charge >= 0.3 is 0 Å². The molecule has 10 aromatic rings. The van der Waals surface area contributed by atoms with Gasteiger partial charge in [0.2, 0.25) is 0 Å². The first-order valence-corrected chi connectivity index (χ1v) is 19.6. The Morgan fingerprint density at radius 3 is 1.70 bits per heavy atom. The fraction of sp³-hybridized carbons (Fsp3) is 0.0192. The molecule has 0 aliphatic carbocycles. The zero-order valence-corrected chi connectivity index (χ0v) is 31.4. The third-order valence-corrected chi connectivity index (χ3v) is 11.8. The molecule has 0 amide bonds. The number of amidine groups is 2. The van der Waals surface area contributed by atoms with Gasteiger partial charge in [-0.15, -0.1) is 11.3 Å². The van der Waals surface area contributed by atoms with Crippen molar-refractivity contribution in [1.29, 1.82) is 0 Å². The van der Waals surface area contributed by atoms with Crippen LogP contribution >= 0.6 is 11.3 Å². The number of rotatable bonds is 6. The van der Waals surface area contributed by atoms with Crippen LogP contribution in [0.5, 0.6) is 0 Å². The molecule has 0 unspecified atom stereocenters. The molecule has 0 bridgehead atoms. The van der Waals surface area contributed by atoms with Crippen LogP contribution in [0.3, 0.4) is 0 Å². The van der Waals surface area contributed by atoms with Gasteiger partial charge < -0.3 is 0 Å². The largest absolute Gasteiger partial charge is 0.261 e. The zero-order chi connectivity index (χ0) is 37.4. The SMILES string of the molecule is C=NC(=NC(=NCc1ccccc1)c1ccccc1)c1cc(-c2cccc(-c3ccc4c5ccccc5c5ccccc5c4c3)c2)cc2sc3ccccc3c12. The van der Waals surface area contributed by atoms with E-state index in [9.17, 15) is 0 Å². The van der Waals surface area contributed by atoms with E-state index in [-0.39, 0.29) is 0 Å². The molecule has 0 atom stereocenters. The van der Waals surface area contributed by atoms with E-state index in [4.69, 9.17) is 9.98 Å². The van der Waals surface area contributed by atoms with E-state index >= 15 is 0 Å². The minimum Gasteiger partial charge on any atom is -0.261 e. The number of nitrogens with zero attached hydrogens (tertiary/aromatic N) is 3. The maximum absolute atomic E-state index is 5.20. The van der Waals surface area contributed by atoms with Crippen LogP contribution in [0.4, 0.5) is 0 Å². The van der Waals surface area contributed by atoms with Crippen LogP contribution in [-0.2, 0) is 6.54 Å². The van der Waals surface area contributed by atoms with E-state index in [0.29, 0.717) is 18.2 Å². The molecule has 0 fully saturated rings. The van der Waals surface area contributed by atoms with Gasteiger partial charge in [-0.2, -0.15) is 0 Å². The Kier molecular flexibility index (Phi) is 8.59. The molecule has 0 saturated heterocycles. The van der Waals surface area contributed by atoms with Crippen molar-refractivity contribution in [2.45, 2.75) is 6.54 Å². The predicted molar refractivity (Wildman–Crippen MR) is 242 cm³/mol. The topological polar surface area (TPSA) is 37.1 Å². The summed E-state index contributed by atoms with van der Waals surface area (Å²) < 4.78 is 2.39. The molecule has 56 heavy (non-hydrogen) atoms. The maximum Gasteiger partial charge on any atom is 0.161 e. The van der Waals surface area contributed by atoms with Crippen molar-refractivity contribution >= 4 is 82.2 Å². The van der Waals surface area contributed by atoms with Gasteiger partial charge in [0.05, 0.1) is 6.54 Å². The smallest absolute Gasteiger partial charge is 0.161 e. The first-order valence-electron chi connectivity index (χ1n) is 18.8. The number of hydrogen-bond donors (Lipinski definition) is 0. The monoisotopic (exact) mass is 733 g/mol. The van der Waals surface area contributed by atoms with Crippen molar-refractivity contribution in [3.8, 4) is 22.3 Å². The lowest BCUT2D eigenvalue weighted by Crippen LogP contribution is -2.06. The molecule has 0 N–H and O–H groups in total. The van der Waals surface area contributed by atoms with Crippen LogP contribution < -0.4 is 0 Å². The fourth-order valence-electron chi connectivity index (χ4n) is 7.97. The maximum atomic E-state index is 5.20. The molecule has 1 heterocycles. The van der Waals surface area contributed by atoms with Crippen molar-refractivity contribution in [3.63, 3.8) is 0 Å². The molecule has 1 aromatic heterocycles. The normalized spacial score (nSPS) is 12.3. The third-order valence-electron chi connectivity index (χ3n) is 10.6. The highest BCUT2D eigenvalue weighted by Crippen LogP contribution is 2.41. The van der Waals surface area contributed by atoms with E-state index in [1.807, 2.05) is 48.5 Å². The van der Waals surface area contributed by atoms with Crippen molar-refractivity contribution in [2.75, 3.05) is 0 Å². The summed E-state index contributed by atoms with van der Waals surface area (Å²) in [5.74, 6) is 1.16. The quantitative estimate of drug-likeness (QED) is 0.0927. The van der Waals surface area contributed by atoms with E-state index in [1.54, 1.807) is 11.3 Å². The average molecular weight is 734 g/mol. The lowest BCUT2D eigenvalue weighted by Gasteiger charge is -2.13. The predicted octanol–water partition coefficient (Wildman–Crippen LogP) is 13.9. The highest BCUT2D eigenvalue weighted by atomic mass is 32.1. The Bertz CT molecular complexity index is 3140. The van der Waals surface area contributed by atoms with Crippen molar-refractivity contribution in [1.82, 2.24) is 0 Å². The highest BCUT2D eigenvalue weighted by molar-refractivity contribution is 7.26. The molecular weight excluding hydrogens is 699 g/mol. The van der Waals surface area contributed by atoms with E-state index in [1.165, 1.54) is 52.7 Å². The molecule has 0 aliphatic rings. The highest BCUT2D eigenvalue weighted by Gasteiger charge is 2.18. The summed E-state index contributed by atoms with van der Waals surface area (Å²) in [6.45, 7) is 4.57. The lowest BCUT2D eigenvalue weighted by molar-refractivity contribution is 1.06. The minimum atomic E-state index is 0.503. The number of thiophene rings is 1. The second kappa shape index (κ2) is 14.3. The number of benzene rings is 9. The zero-order valence-electron chi connectivity index (χ0n) is 30.6. The number of fused-ring (bicyclic) bond motifs is 9. The van der Waals surface area contributed by atoms with Crippen LogP contribution in [0, 0.1) is 0 Å². The Balaban J connectivity index is 1.13. The number of aliphatic imine (C=N–C) groups is 3. The van der Waals surface area contributed by atoms with E-state index in [2.05, 4.69) is 151 Å². The lowest BCUT2D eigenvalue weighted by atomic mass is 9.91. The van der Waals surface area contributed by atoms with E-state index < -0.39 is 0 Å². The average Bonchev–Trinajstić information content (AvgIpc) is 3.66. The summed E-state index contributed by atoms with van der Waals surface area (Å²) in [6, 6.07) is 66.8. The summed E-state index contributed by atoms with van der Waals surface area (Å²) in [5, 5.41) is 9.94. The van der Waals surface area contributed by atoms with Crippen LogP contribution in [0.15, 0.2) is 203 Å². The van der Waals surface area contributed by atoms with Crippen molar-refractivity contribution < 1.29 is 0 Å². The second-order valence-corrected chi connectivity index (χ2v) is 15.1. The first kappa shape index (κ1) is 33.6. The summed E-state index contributed by atoms with van der Waals surface area (Å²) >= 11 is 1.79. The Labute approximate surface area is 329 Å². The molecule has 4 heteroatoms. The summed E-state index contributed by atoms with van der Waals surface area (Å²) in [6.07, 6.45) is 0.